The van der Waals surface area contributed by atoms with Crippen LogP contribution in [0.5, 0.6) is 5.88 Å². The van der Waals surface area contributed by atoms with Crippen LogP contribution in [0.15, 0.2) is 0 Å². The number of piperidine rings is 1. The van der Waals surface area contributed by atoms with Gasteiger partial charge in [-0.3, -0.25) is 4.79 Å². The Hall–Kier alpha value is -1.52. The molecule has 0 N–H and O–H groups in total. The SMILES string of the molecule is Cc1c(C(=O)N2CCC(C)CC2)nn2c1OCC2. The predicted octanol–water partition coefficient (Wildman–Crippen LogP) is 1.46. The molecule has 0 saturated carbocycles. The van der Waals surface area contributed by atoms with Gasteiger partial charge in [0.2, 0.25) is 5.88 Å². The molecule has 1 aromatic heterocycles. The summed E-state index contributed by atoms with van der Waals surface area (Å²) in [6.07, 6.45) is 2.18. The fraction of sp³-hybridized carbons (Fsp3) is 0.692. The Morgan fingerprint density at radius 1 is 1.33 bits per heavy atom. The van der Waals surface area contributed by atoms with Crippen LogP contribution in [-0.2, 0) is 6.54 Å². The number of hydrogen-bond acceptors (Lipinski definition) is 3. The zero-order valence-electron chi connectivity index (χ0n) is 11.0. The number of fused-ring (bicyclic) bond motifs is 1. The smallest absolute Gasteiger partial charge is 0.274 e. The number of rotatable bonds is 1. The van der Waals surface area contributed by atoms with Crippen molar-refractivity contribution in [2.24, 2.45) is 5.92 Å². The summed E-state index contributed by atoms with van der Waals surface area (Å²) in [6, 6.07) is 0. The van der Waals surface area contributed by atoms with E-state index < -0.39 is 0 Å². The third kappa shape index (κ3) is 1.78. The fourth-order valence-electron chi connectivity index (χ4n) is 2.66. The topological polar surface area (TPSA) is 47.4 Å². The van der Waals surface area contributed by atoms with E-state index in [9.17, 15) is 4.79 Å². The lowest BCUT2D eigenvalue weighted by Crippen LogP contribution is -2.38. The van der Waals surface area contributed by atoms with Gasteiger partial charge >= 0.3 is 0 Å². The molecule has 5 nitrogen and oxygen atoms in total. The molecule has 0 spiro atoms. The van der Waals surface area contributed by atoms with Crippen molar-refractivity contribution in [2.45, 2.75) is 33.2 Å². The number of carbonyl (C=O) groups is 1. The molecule has 1 amide bonds. The third-order valence-corrected chi connectivity index (χ3v) is 3.95. The van der Waals surface area contributed by atoms with Gasteiger partial charge in [-0.2, -0.15) is 5.10 Å². The highest BCUT2D eigenvalue weighted by Gasteiger charge is 2.29. The van der Waals surface area contributed by atoms with Gasteiger partial charge in [0.25, 0.3) is 5.91 Å². The number of hydrogen-bond donors (Lipinski definition) is 0. The van der Waals surface area contributed by atoms with Gasteiger partial charge < -0.3 is 9.64 Å². The van der Waals surface area contributed by atoms with Crippen LogP contribution in [0.2, 0.25) is 0 Å². The third-order valence-electron chi connectivity index (χ3n) is 3.95. The first-order valence-corrected chi connectivity index (χ1v) is 6.66. The number of aromatic nitrogens is 2. The van der Waals surface area contributed by atoms with Gasteiger partial charge in [-0.25, -0.2) is 4.68 Å². The summed E-state index contributed by atoms with van der Waals surface area (Å²) in [4.78, 5) is 14.3. The van der Waals surface area contributed by atoms with Gasteiger partial charge in [-0.15, -0.1) is 0 Å². The van der Waals surface area contributed by atoms with Crippen LogP contribution in [0.4, 0.5) is 0 Å². The number of carbonyl (C=O) groups excluding carboxylic acids is 1. The summed E-state index contributed by atoms with van der Waals surface area (Å²) in [5.41, 5.74) is 1.45. The largest absolute Gasteiger partial charge is 0.476 e. The molecular formula is C13H19N3O2. The maximum absolute atomic E-state index is 12.4. The molecule has 0 aromatic carbocycles. The Bertz CT molecular complexity index is 473. The van der Waals surface area contributed by atoms with Crippen LogP contribution < -0.4 is 4.74 Å². The average Bonchev–Trinajstić information content (AvgIpc) is 2.93. The van der Waals surface area contributed by atoms with Gasteiger partial charge in [0.05, 0.1) is 6.54 Å². The zero-order valence-corrected chi connectivity index (χ0v) is 11.0. The van der Waals surface area contributed by atoms with Crippen molar-refractivity contribution in [3.8, 4) is 5.88 Å². The van der Waals surface area contributed by atoms with Crippen molar-refractivity contribution in [1.82, 2.24) is 14.7 Å². The van der Waals surface area contributed by atoms with Crippen LogP contribution in [-0.4, -0.2) is 40.3 Å². The molecule has 18 heavy (non-hydrogen) atoms. The number of nitrogens with zero attached hydrogens (tertiary/aromatic N) is 3. The van der Waals surface area contributed by atoms with Crippen molar-refractivity contribution < 1.29 is 9.53 Å². The summed E-state index contributed by atoms with van der Waals surface area (Å²) >= 11 is 0. The molecule has 3 rings (SSSR count). The van der Waals surface area contributed by atoms with E-state index in [1.165, 1.54) is 0 Å². The van der Waals surface area contributed by atoms with E-state index in [2.05, 4.69) is 12.0 Å². The molecule has 2 aliphatic heterocycles. The molecular weight excluding hydrogens is 230 g/mol. The number of amides is 1. The standard InChI is InChI=1S/C13H19N3O2/c1-9-3-5-15(6-4-9)12(17)11-10(2)13-16(14-11)7-8-18-13/h9H,3-8H2,1-2H3. The lowest BCUT2D eigenvalue weighted by Gasteiger charge is -2.29. The normalized spacial score (nSPS) is 19.8. The molecule has 1 aromatic rings. The molecule has 3 heterocycles. The van der Waals surface area contributed by atoms with E-state index >= 15 is 0 Å². The molecule has 0 aliphatic carbocycles. The molecule has 98 valence electrons. The first-order valence-electron chi connectivity index (χ1n) is 6.66. The van der Waals surface area contributed by atoms with Crippen LogP contribution in [0.3, 0.4) is 0 Å². The van der Waals surface area contributed by atoms with Crippen molar-refractivity contribution in [3.63, 3.8) is 0 Å². The minimum atomic E-state index is 0.0601. The van der Waals surface area contributed by atoms with Crippen molar-refractivity contribution in [3.05, 3.63) is 11.3 Å². The van der Waals surface area contributed by atoms with Crippen molar-refractivity contribution >= 4 is 5.91 Å². The number of ether oxygens (including phenoxy) is 1. The average molecular weight is 249 g/mol. The first-order chi connectivity index (χ1) is 8.66. The van der Waals surface area contributed by atoms with E-state index in [0.29, 0.717) is 12.3 Å². The van der Waals surface area contributed by atoms with Crippen LogP contribution >= 0.6 is 0 Å². The molecule has 2 aliphatic rings. The van der Waals surface area contributed by atoms with Crippen molar-refractivity contribution in [1.29, 1.82) is 0 Å². The van der Waals surface area contributed by atoms with Gasteiger partial charge in [0.1, 0.15) is 6.61 Å². The van der Waals surface area contributed by atoms with Gasteiger partial charge in [-0.05, 0) is 25.7 Å². The van der Waals surface area contributed by atoms with Gasteiger partial charge in [0.15, 0.2) is 5.69 Å². The molecule has 1 saturated heterocycles. The Balaban J connectivity index is 1.80. The Labute approximate surface area is 107 Å². The summed E-state index contributed by atoms with van der Waals surface area (Å²) < 4.78 is 7.29. The first kappa shape index (κ1) is 11.6. The fourth-order valence-corrected chi connectivity index (χ4v) is 2.66. The Morgan fingerprint density at radius 3 is 2.72 bits per heavy atom. The van der Waals surface area contributed by atoms with Crippen molar-refractivity contribution in [2.75, 3.05) is 19.7 Å². The molecule has 0 bridgehead atoms. The van der Waals surface area contributed by atoms with E-state index in [4.69, 9.17) is 4.74 Å². The molecule has 1 fully saturated rings. The minimum Gasteiger partial charge on any atom is -0.476 e. The number of likely N-dealkylation sites (tertiary alicyclic amines) is 1. The van der Waals surface area contributed by atoms with E-state index in [1.54, 1.807) is 4.68 Å². The second kappa shape index (κ2) is 4.30. The Kier molecular flexibility index (Phi) is 2.76. The lowest BCUT2D eigenvalue weighted by molar-refractivity contribution is 0.0689. The molecule has 5 heteroatoms. The van der Waals surface area contributed by atoms with Crippen LogP contribution in [0.25, 0.3) is 0 Å². The highest BCUT2D eigenvalue weighted by atomic mass is 16.5. The second-order valence-corrected chi connectivity index (χ2v) is 5.33. The molecule has 0 unspecified atom stereocenters. The van der Waals surface area contributed by atoms with E-state index in [-0.39, 0.29) is 5.91 Å². The summed E-state index contributed by atoms with van der Waals surface area (Å²) in [6.45, 7) is 7.28. The van der Waals surface area contributed by atoms with E-state index in [0.717, 1.165) is 49.8 Å². The van der Waals surface area contributed by atoms with E-state index in [1.807, 2.05) is 11.8 Å². The summed E-state index contributed by atoms with van der Waals surface area (Å²) in [5, 5.41) is 4.38. The second-order valence-electron chi connectivity index (χ2n) is 5.33. The molecule has 0 atom stereocenters. The summed E-state index contributed by atoms with van der Waals surface area (Å²) in [5.74, 6) is 1.55. The predicted molar refractivity (Wildman–Crippen MR) is 66.8 cm³/mol. The van der Waals surface area contributed by atoms with Crippen LogP contribution in [0, 0.1) is 12.8 Å². The van der Waals surface area contributed by atoms with Gasteiger partial charge in [-0.1, -0.05) is 6.92 Å². The highest BCUT2D eigenvalue weighted by molar-refractivity contribution is 5.94. The van der Waals surface area contributed by atoms with Gasteiger partial charge in [0, 0.05) is 18.7 Å². The van der Waals surface area contributed by atoms with Crippen LogP contribution in [0.1, 0.15) is 35.8 Å². The maximum Gasteiger partial charge on any atom is 0.274 e. The summed E-state index contributed by atoms with van der Waals surface area (Å²) in [7, 11) is 0. The maximum atomic E-state index is 12.4. The Morgan fingerprint density at radius 2 is 2.06 bits per heavy atom. The minimum absolute atomic E-state index is 0.0601. The quantitative estimate of drug-likeness (QED) is 0.757. The highest BCUT2D eigenvalue weighted by Crippen LogP contribution is 2.27. The lowest BCUT2D eigenvalue weighted by atomic mass is 9.99. The molecule has 0 radical (unpaired) electrons. The zero-order chi connectivity index (χ0) is 12.7. The monoisotopic (exact) mass is 249 g/mol.